The zero-order chi connectivity index (χ0) is 13.0. The average Bonchev–Trinajstić information content (AvgIpc) is 2.37. The molecular formula is C16H39P+2. The van der Waals surface area contributed by atoms with E-state index >= 15 is 0 Å². The van der Waals surface area contributed by atoms with Crippen molar-refractivity contribution in [2.24, 2.45) is 0 Å². The molecule has 0 N–H and O–H groups in total. The molecule has 0 heterocycles. The van der Waals surface area contributed by atoms with Crippen molar-refractivity contribution in [3.63, 3.8) is 0 Å². The van der Waals surface area contributed by atoms with Crippen molar-refractivity contribution in [1.82, 2.24) is 0 Å². The summed E-state index contributed by atoms with van der Waals surface area (Å²) >= 11 is 0. The van der Waals surface area contributed by atoms with E-state index in [1.807, 2.05) is 0 Å². The van der Waals surface area contributed by atoms with Crippen molar-refractivity contribution in [3.05, 3.63) is 0 Å². The van der Waals surface area contributed by atoms with Crippen LogP contribution in [0.4, 0.5) is 0 Å². The summed E-state index contributed by atoms with van der Waals surface area (Å²) in [5.41, 5.74) is 0. The van der Waals surface area contributed by atoms with Crippen molar-refractivity contribution in [3.8, 4) is 0 Å². The van der Waals surface area contributed by atoms with Crippen molar-refractivity contribution in [1.29, 1.82) is 0 Å². The number of hydrogen-bond donors (Lipinski definition) is 0. The van der Waals surface area contributed by atoms with Gasteiger partial charge >= 0.3 is 114 Å². The van der Waals surface area contributed by atoms with Crippen LogP contribution < -0.4 is 0 Å². The topological polar surface area (TPSA) is 0 Å². The molecule has 0 aromatic heterocycles. The van der Waals surface area contributed by atoms with E-state index in [-0.39, 0.29) is 2.85 Å². The Hall–Kier alpha value is 0.430. The minimum absolute atomic E-state index is 0. The van der Waals surface area contributed by atoms with E-state index in [4.69, 9.17) is 0 Å². The van der Waals surface area contributed by atoms with E-state index in [0.717, 1.165) is 0 Å². The zero-order valence-electron chi connectivity index (χ0n) is 15.0. The summed E-state index contributed by atoms with van der Waals surface area (Å²) in [5.74, 6) is 0. The van der Waals surface area contributed by atoms with Gasteiger partial charge in [0.05, 0.1) is 0 Å². The van der Waals surface area contributed by atoms with Crippen molar-refractivity contribution < 1.29 is 2.85 Å². The molecule has 0 spiro atoms. The molecule has 0 fully saturated rings. The first-order valence-corrected chi connectivity index (χ1v) is 11.1. The van der Waals surface area contributed by atoms with Crippen LogP contribution in [0.5, 0.6) is 0 Å². The number of unbranched alkanes of at least 4 members (excludes halogenated alkanes) is 4. The maximum absolute atomic E-state index is 2.36. The van der Waals surface area contributed by atoms with Gasteiger partial charge in [-0.25, -0.2) is 0 Å². The first kappa shape index (κ1) is 17.4. The molecule has 0 unspecified atom stereocenters. The minimum Gasteiger partial charge on any atom is 1.00 e. The van der Waals surface area contributed by atoms with Crippen LogP contribution >= 0.6 is 7.26 Å². The molecule has 0 aliphatic carbocycles. The zero-order valence-corrected chi connectivity index (χ0v) is 14.0. The summed E-state index contributed by atoms with van der Waals surface area (Å²) in [6.07, 6.45) is 18.1. The molecule has 0 saturated heterocycles. The summed E-state index contributed by atoms with van der Waals surface area (Å²) in [7, 11) is -0.879. The fraction of sp³-hybridized carbons (Fsp3) is 1.00. The van der Waals surface area contributed by atoms with Crippen LogP contribution in [0.15, 0.2) is 0 Å². The Morgan fingerprint density at radius 3 is 0.941 bits per heavy atom. The Labute approximate surface area is 114 Å². The molecule has 0 bridgehead atoms. The van der Waals surface area contributed by atoms with E-state index in [9.17, 15) is 0 Å². The van der Waals surface area contributed by atoms with Gasteiger partial charge in [-0.2, -0.15) is 0 Å². The molecule has 0 aromatic rings. The molecule has 106 valence electrons. The fourth-order valence-electron chi connectivity index (χ4n) is 2.96. The smallest absolute Gasteiger partial charge is 1.00 e. The van der Waals surface area contributed by atoms with Gasteiger partial charge < -0.3 is 0 Å². The predicted molar refractivity (Wildman–Crippen MR) is 89.6 cm³/mol. The summed E-state index contributed by atoms with van der Waals surface area (Å²) in [5, 5.41) is 0. The second kappa shape index (κ2) is 11.5. The molecule has 0 radical (unpaired) electrons. The standard InChI is InChI=1S/C16H37P/c1-5-9-13-17(14-10-6-2,15-11-7-3)16-12-8-4/h17H,5-16H2,1-4H3/p+2. The Bertz CT molecular complexity index is 125. The third-order valence-corrected chi connectivity index (χ3v) is 9.90. The normalized spacial score (nSPS) is 12.9. The van der Waals surface area contributed by atoms with E-state index < -0.39 is 7.26 Å². The van der Waals surface area contributed by atoms with Crippen LogP contribution in [0.1, 0.15) is 81.9 Å². The Morgan fingerprint density at radius 1 is 0.529 bits per heavy atom. The molecule has 17 heavy (non-hydrogen) atoms. The minimum atomic E-state index is -0.879. The van der Waals surface area contributed by atoms with E-state index in [0.29, 0.717) is 0 Å². The molecule has 0 amide bonds. The maximum Gasteiger partial charge on any atom is 1.00 e. The van der Waals surface area contributed by atoms with Gasteiger partial charge in [0.1, 0.15) is 0 Å². The molecular weight excluding hydrogens is 223 g/mol. The molecule has 1 heteroatoms. The van der Waals surface area contributed by atoms with Crippen LogP contribution in [-0.2, 0) is 0 Å². The van der Waals surface area contributed by atoms with Gasteiger partial charge in [-0.3, -0.25) is 0 Å². The third-order valence-electron chi connectivity index (χ3n) is 4.24. The Balaban J connectivity index is -0.00000128. The van der Waals surface area contributed by atoms with Crippen LogP contribution in [0.3, 0.4) is 0 Å². The molecule has 0 saturated carbocycles. The molecule has 0 rings (SSSR count). The molecule has 0 nitrogen and oxygen atoms in total. The fourth-order valence-corrected chi connectivity index (χ4v) is 8.87. The predicted octanol–water partition coefficient (Wildman–Crippen LogP) is 6.16. The van der Waals surface area contributed by atoms with E-state index in [1.54, 1.807) is 24.6 Å². The monoisotopic (exact) mass is 262 g/mol. The van der Waals surface area contributed by atoms with Crippen LogP contribution in [0.25, 0.3) is 0 Å². The van der Waals surface area contributed by atoms with Gasteiger partial charge in [0.15, 0.2) is 0 Å². The van der Waals surface area contributed by atoms with Crippen LogP contribution in [-0.4, -0.2) is 24.6 Å². The SMILES string of the molecule is CCCC[PH](CCCC)(CCCC)CCCC.[H+].[H+]. The van der Waals surface area contributed by atoms with Crippen LogP contribution in [0, 0.1) is 0 Å². The Kier molecular flexibility index (Phi) is 11.8. The summed E-state index contributed by atoms with van der Waals surface area (Å²) in [6.45, 7) is 9.44. The quantitative estimate of drug-likeness (QED) is 0.369. The first-order valence-electron chi connectivity index (χ1n) is 8.24. The Morgan fingerprint density at radius 2 is 0.765 bits per heavy atom. The van der Waals surface area contributed by atoms with Gasteiger partial charge in [0.2, 0.25) is 0 Å². The van der Waals surface area contributed by atoms with Gasteiger partial charge in [-0.15, -0.1) is 0 Å². The number of rotatable bonds is 12. The van der Waals surface area contributed by atoms with Gasteiger partial charge in [0.25, 0.3) is 0 Å². The van der Waals surface area contributed by atoms with Crippen molar-refractivity contribution in [2.45, 2.75) is 79.1 Å². The first-order chi connectivity index (χ1) is 8.24. The summed E-state index contributed by atoms with van der Waals surface area (Å²) in [6, 6.07) is 0. The van der Waals surface area contributed by atoms with E-state index in [1.165, 1.54) is 51.4 Å². The molecule has 0 aliphatic heterocycles. The van der Waals surface area contributed by atoms with Crippen molar-refractivity contribution in [2.75, 3.05) is 24.6 Å². The summed E-state index contributed by atoms with van der Waals surface area (Å²) in [4.78, 5) is 0. The maximum atomic E-state index is 2.36. The number of hydrogen-bond acceptors (Lipinski definition) is 0. The van der Waals surface area contributed by atoms with E-state index in [2.05, 4.69) is 27.7 Å². The average molecular weight is 262 g/mol. The second-order valence-electron chi connectivity index (χ2n) is 5.91. The molecule has 0 aromatic carbocycles. The largest absolute Gasteiger partial charge is 1.00 e. The van der Waals surface area contributed by atoms with Gasteiger partial charge in [-0.05, 0) is 0 Å². The molecule has 0 aliphatic rings. The third kappa shape index (κ3) is 8.20. The van der Waals surface area contributed by atoms with Gasteiger partial charge in [-0.1, -0.05) is 0 Å². The van der Waals surface area contributed by atoms with Crippen LogP contribution in [0.2, 0.25) is 0 Å². The summed E-state index contributed by atoms with van der Waals surface area (Å²) < 4.78 is 0. The van der Waals surface area contributed by atoms with Gasteiger partial charge in [0, 0.05) is 0 Å². The molecule has 0 atom stereocenters. The van der Waals surface area contributed by atoms with Crippen molar-refractivity contribution >= 4 is 7.26 Å². The second-order valence-corrected chi connectivity index (χ2v) is 10.9.